The Hall–Kier alpha value is -4.64. The van der Waals surface area contributed by atoms with Crippen molar-refractivity contribution >= 4 is 24.2 Å². The van der Waals surface area contributed by atoms with Crippen molar-refractivity contribution in [1.29, 1.82) is 0 Å². The van der Waals surface area contributed by atoms with Gasteiger partial charge in [-0.3, -0.25) is 19.2 Å². The minimum atomic E-state index is -0.679. The van der Waals surface area contributed by atoms with Crippen LogP contribution in [0.25, 0.3) is 11.3 Å². The number of furan rings is 1. The molecule has 0 radical (unpaired) electrons. The predicted molar refractivity (Wildman–Crippen MR) is 158 cm³/mol. The molecule has 3 rings (SSSR count). The number of esters is 1. The number of rotatable bonds is 17. The smallest absolute Gasteiger partial charge is 0.341 e. The van der Waals surface area contributed by atoms with Gasteiger partial charge >= 0.3 is 5.97 Å². The highest BCUT2D eigenvalue weighted by Crippen LogP contribution is 2.28. The summed E-state index contributed by atoms with van der Waals surface area (Å²) in [6.07, 6.45) is 4.37. The Balaban J connectivity index is 1.61. The van der Waals surface area contributed by atoms with E-state index in [1.54, 1.807) is 12.1 Å². The Morgan fingerprint density at radius 2 is 1.79 bits per heavy atom. The van der Waals surface area contributed by atoms with Crippen LogP contribution < -0.4 is 10.6 Å². The Bertz CT molecular complexity index is 1360. The normalized spacial score (nSPS) is 12.2. The van der Waals surface area contributed by atoms with Gasteiger partial charge in [0.1, 0.15) is 23.7 Å². The summed E-state index contributed by atoms with van der Waals surface area (Å²) in [5.74, 6) is -2.09. The van der Waals surface area contributed by atoms with Gasteiger partial charge in [0.15, 0.2) is 5.76 Å². The second-order valence-electron chi connectivity index (χ2n) is 9.91. The number of hydrogen-bond acceptors (Lipinski definition) is 8. The first-order valence-electron chi connectivity index (χ1n) is 14.3. The maximum Gasteiger partial charge on any atom is 0.341 e. The Labute approximate surface area is 251 Å². The first kappa shape index (κ1) is 32.9. The van der Waals surface area contributed by atoms with Gasteiger partial charge in [-0.1, -0.05) is 69.5 Å². The van der Waals surface area contributed by atoms with Crippen molar-refractivity contribution in [1.82, 2.24) is 15.7 Å². The maximum absolute atomic E-state index is 13.3. The summed E-state index contributed by atoms with van der Waals surface area (Å²) >= 11 is 0. The summed E-state index contributed by atoms with van der Waals surface area (Å²) in [4.78, 5) is 55.6. The van der Waals surface area contributed by atoms with E-state index < -0.39 is 23.8 Å². The molecule has 3 aromatic rings. The van der Waals surface area contributed by atoms with Crippen LogP contribution in [0.4, 0.5) is 0 Å². The monoisotopic (exact) mass is 593 g/mol. The fraction of sp³-hybridized carbons (Fsp3) is 0.375. The van der Waals surface area contributed by atoms with Crippen molar-refractivity contribution in [3.05, 3.63) is 77.6 Å². The van der Waals surface area contributed by atoms with Crippen molar-refractivity contribution in [2.24, 2.45) is 5.92 Å². The summed E-state index contributed by atoms with van der Waals surface area (Å²) in [6, 6.07) is 16.3. The molecule has 0 aliphatic carbocycles. The van der Waals surface area contributed by atoms with Crippen LogP contribution in [-0.2, 0) is 25.8 Å². The molecule has 2 atom stereocenters. The number of phenols is 1. The number of amides is 3. The van der Waals surface area contributed by atoms with Crippen molar-refractivity contribution in [2.75, 3.05) is 13.8 Å². The van der Waals surface area contributed by atoms with E-state index in [0.717, 1.165) is 24.8 Å². The zero-order valence-electron chi connectivity index (χ0n) is 24.7. The molecule has 0 aliphatic rings. The van der Waals surface area contributed by atoms with Gasteiger partial charge in [-0.15, -0.1) is 0 Å². The van der Waals surface area contributed by atoms with Gasteiger partial charge in [0.05, 0.1) is 25.7 Å². The third-order valence-electron chi connectivity index (χ3n) is 7.02. The molecule has 0 saturated carbocycles. The van der Waals surface area contributed by atoms with Gasteiger partial charge in [-0.05, 0) is 42.7 Å². The van der Waals surface area contributed by atoms with E-state index in [1.807, 2.05) is 37.3 Å². The third-order valence-corrected chi connectivity index (χ3v) is 7.02. The minimum Gasteiger partial charge on any atom is -0.507 e. The molecule has 2 aromatic carbocycles. The van der Waals surface area contributed by atoms with E-state index >= 15 is 0 Å². The molecule has 11 heteroatoms. The van der Waals surface area contributed by atoms with Crippen LogP contribution >= 0.6 is 0 Å². The minimum absolute atomic E-state index is 0.00356. The van der Waals surface area contributed by atoms with Crippen LogP contribution in [-0.4, -0.2) is 54.2 Å². The molecule has 0 spiro atoms. The quantitative estimate of drug-likeness (QED) is 0.0664. The Kier molecular flexibility index (Phi) is 12.8. The number of nitrogens with zero attached hydrogens (tertiary/aromatic N) is 1. The summed E-state index contributed by atoms with van der Waals surface area (Å²) in [6.45, 7) is 4.00. The van der Waals surface area contributed by atoms with E-state index in [2.05, 4.69) is 22.3 Å². The first-order valence-corrected chi connectivity index (χ1v) is 14.3. The highest BCUT2D eigenvalue weighted by Gasteiger charge is 2.32. The fourth-order valence-electron chi connectivity index (χ4n) is 4.69. The van der Waals surface area contributed by atoms with E-state index in [1.165, 1.54) is 30.4 Å². The summed E-state index contributed by atoms with van der Waals surface area (Å²) in [5.41, 5.74) is 1.35. The number of methoxy groups -OCH3 is 1. The van der Waals surface area contributed by atoms with Gasteiger partial charge < -0.3 is 24.9 Å². The average Bonchev–Trinajstić information content (AvgIpc) is 3.52. The van der Waals surface area contributed by atoms with Crippen LogP contribution in [0.5, 0.6) is 5.75 Å². The summed E-state index contributed by atoms with van der Waals surface area (Å²) in [7, 11) is 1.21. The van der Waals surface area contributed by atoms with Gasteiger partial charge in [-0.2, -0.15) is 0 Å². The van der Waals surface area contributed by atoms with Crippen LogP contribution in [0.3, 0.4) is 0 Å². The van der Waals surface area contributed by atoms with Crippen molar-refractivity contribution in [3.63, 3.8) is 0 Å². The second-order valence-corrected chi connectivity index (χ2v) is 9.91. The number of hydroxylamine groups is 2. The number of carbonyl (C=O) groups is 4. The molecule has 0 fully saturated rings. The van der Waals surface area contributed by atoms with Crippen LogP contribution in [0.15, 0.2) is 65.1 Å². The highest BCUT2D eigenvalue weighted by molar-refractivity contribution is 5.94. The van der Waals surface area contributed by atoms with E-state index in [9.17, 15) is 24.3 Å². The molecule has 11 nitrogen and oxygen atoms in total. The Morgan fingerprint density at radius 1 is 1.02 bits per heavy atom. The van der Waals surface area contributed by atoms with Crippen molar-refractivity contribution in [2.45, 2.75) is 58.6 Å². The SMILES string of the molecule is CCCCCC(C(=O)NCNC(=O)c1ccc(-c2ccc(C(=O)OC)c(O)c2)o1)C(CC)N(C=O)OCc1ccccc1. The largest absolute Gasteiger partial charge is 0.507 e. The molecule has 3 amide bonds. The van der Waals surface area contributed by atoms with Crippen LogP contribution in [0, 0.1) is 5.92 Å². The van der Waals surface area contributed by atoms with E-state index in [0.29, 0.717) is 30.6 Å². The van der Waals surface area contributed by atoms with Crippen LogP contribution in [0.1, 0.15) is 72.4 Å². The molecule has 2 unspecified atom stereocenters. The lowest BCUT2D eigenvalue weighted by Gasteiger charge is -2.32. The molecule has 0 saturated heterocycles. The molecule has 1 heterocycles. The van der Waals surface area contributed by atoms with Crippen LogP contribution in [0.2, 0.25) is 0 Å². The molecule has 0 aliphatic heterocycles. The van der Waals surface area contributed by atoms with E-state index in [4.69, 9.17) is 9.25 Å². The topological polar surface area (TPSA) is 147 Å². The van der Waals surface area contributed by atoms with Crippen molar-refractivity contribution < 1.29 is 38.3 Å². The van der Waals surface area contributed by atoms with Gasteiger partial charge in [0.2, 0.25) is 12.3 Å². The molecular weight excluding hydrogens is 554 g/mol. The predicted octanol–water partition coefficient (Wildman–Crippen LogP) is 4.81. The summed E-state index contributed by atoms with van der Waals surface area (Å²) < 4.78 is 10.3. The zero-order chi connectivity index (χ0) is 31.2. The highest BCUT2D eigenvalue weighted by atomic mass is 16.7. The number of hydrogen-bond donors (Lipinski definition) is 3. The first-order chi connectivity index (χ1) is 20.8. The van der Waals surface area contributed by atoms with Crippen molar-refractivity contribution in [3.8, 4) is 17.1 Å². The molecular formula is C32H39N3O8. The van der Waals surface area contributed by atoms with Gasteiger partial charge in [0.25, 0.3) is 5.91 Å². The number of benzene rings is 2. The molecule has 230 valence electrons. The summed E-state index contributed by atoms with van der Waals surface area (Å²) in [5, 5.41) is 16.7. The number of carbonyl (C=O) groups excluding carboxylic acids is 4. The number of aromatic hydroxyl groups is 1. The lowest BCUT2D eigenvalue weighted by Crippen LogP contribution is -2.48. The van der Waals surface area contributed by atoms with Gasteiger partial charge in [0, 0.05) is 5.56 Å². The fourth-order valence-corrected chi connectivity index (χ4v) is 4.69. The number of phenolic OH excluding ortho intramolecular Hbond substituents is 1. The number of nitrogens with one attached hydrogen (secondary N) is 2. The lowest BCUT2D eigenvalue weighted by atomic mass is 9.90. The number of unbranched alkanes of at least 4 members (excludes halogenated alkanes) is 2. The van der Waals surface area contributed by atoms with E-state index in [-0.39, 0.29) is 36.3 Å². The molecule has 43 heavy (non-hydrogen) atoms. The molecule has 1 aromatic heterocycles. The molecule has 3 N–H and O–H groups in total. The zero-order valence-corrected chi connectivity index (χ0v) is 24.7. The molecule has 0 bridgehead atoms. The average molecular weight is 594 g/mol. The second kappa shape index (κ2) is 16.7. The third kappa shape index (κ3) is 9.17. The lowest BCUT2D eigenvalue weighted by molar-refractivity contribution is -0.200. The Morgan fingerprint density at radius 3 is 2.44 bits per heavy atom. The maximum atomic E-state index is 13.3. The number of ether oxygens (including phenoxy) is 1. The standard InChI is InChI=1S/C32H39N3O8/c1-4-6-8-13-24(26(5-2)35(21-36)42-19-22-11-9-7-10-12-22)30(38)33-20-34-31(39)29-17-16-28(43-29)23-14-15-25(27(37)18-23)32(40)41-3/h7,9-12,14-18,21,24,26,37H,4-6,8,13,19-20H2,1-3H3,(H,33,38)(H,34,39). The van der Waals surface area contributed by atoms with Gasteiger partial charge in [-0.25, -0.2) is 9.86 Å².